The number of allylic oxidation sites excluding steroid dienone is 2. The maximum absolute atomic E-state index is 14.2. The number of carbonyl (C=O) groups is 3. The van der Waals surface area contributed by atoms with E-state index in [2.05, 4.69) is 26.8 Å². The zero-order valence-electron chi connectivity index (χ0n) is 21.7. The number of hydrogen-bond donors (Lipinski definition) is 2. The molecule has 1 heterocycles. The third-order valence-electron chi connectivity index (χ3n) is 11.3. The van der Waals surface area contributed by atoms with Crippen LogP contribution in [0.4, 0.5) is 5.69 Å². The van der Waals surface area contributed by atoms with Crippen LogP contribution in [0.25, 0.3) is 0 Å². The number of aliphatic carboxylic acids is 1. The first-order valence-electron chi connectivity index (χ1n) is 13.6. The molecule has 6 aliphatic rings. The molecule has 4 fully saturated rings. The van der Waals surface area contributed by atoms with Gasteiger partial charge in [-0.05, 0) is 80.2 Å². The molecule has 2 N–H and O–H groups in total. The molecule has 0 radical (unpaired) electrons. The molecule has 1 aromatic carbocycles. The molecule has 192 valence electrons. The molecule has 1 aromatic rings. The fraction of sp³-hybridized carbons (Fsp3) is 0.633. The predicted octanol–water partition coefficient (Wildman–Crippen LogP) is 5.41. The van der Waals surface area contributed by atoms with Gasteiger partial charge in [0.25, 0.3) is 0 Å². The maximum Gasteiger partial charge on any atom is 0.309 e. The molecule has 1 spiro atoms. The van der Waals surface area contributed by atoms with Crippen molar-refractivity contribution in [1.82, 2.24) is 0 Å². The monoisotopic (exact) mass is 491 g/mol. The second-order valence-corrected chi connectivity index (χ2v) is 13.0. The van der Waals surface area contributed by atoms with E-state index in [4.69, 9.17) is 0 Å². The summed E-state index contributed by atoms with van der Waals surface area (Å²) in [5, 5.41) is 20.8. The van der Waals surface area contributed by atoms with Gasteiger partial charge in [-0.1, -0.05) is 51.0 Å². The van der Waals surface area contributed by atoms with Crippen molar-refractivity contribution in [3.05, 3.63) is 35.9 Å². The second-order valence-electron chi connectivity index (χ2n) is 13.0. The number of para-hydroxylation sites is 2. The highest BCUT2D eigenvalue weighted by Crippen LogP contribution is 2.74. The Morgan fingerprint density at radius 2 is 1.78 bits per heavy atom. The molecule has 36 heavy (non-hydrogen) atoms. The Labute approximate surface area is 212 Å². The van der Waals surface area contributed by atoms with Gasteiger partial charge in [0.1, 0.15) is 5.75 Å². The lowest BCUT2D eigenvalue weighted by molar-refractivity contribution is -0.194. The van der Waals surface area contributed by atoms with E-state index in [0.29, 0.717) is 6.42 Å². The van der Waals surface area contributed by atoms with Crippen molar-refractivity contribution in [3.8, 4) is 5.75 Å². The topological polar surface area (TPSA) is 94.9 Å². The van der Waals surface area contributed by atoms with Crippen LogP contribution < -0.4 is 4.90 Å². The van der Waals surface area contributed by atoms with Crippen LogP contribution >= 0.6 is 0 Å². The molecule has 1 saturated heterocycles. The molecule has 5 aliphatic carbocycles. The van der Waals surface area contributed by atoms with Gasteiger partial charge in [0, 0.05) is 5.41 Å². The van der Waals surface area contributed by atoms with Gasteiger partial charge in [-0.25, -0.2) is 4.90 Å². The Balaban J connectivity index is 1.50. The highest BCUT2D eigenvalue weighted by atomic mass is 16.4. The van der Waals surface area contributed by atoms with E-state index in [1.807, 2.05) is 6.92 Å². The van der Waals surface area contributed by atoms with Crippen LogP contribution in [0.1, 0.15) is 66.2 Å². The number of rotatable bonds is 3. The minimum Gasteiger partial charge on any atom is -0.506 e. The Kier molecular flexibility index (Phi) is 4.92. The first kappa shape index (κ1) is 23.7. The Morgan fingerprint density at radius 3 is 2.44 bits per heavy atom. The quantitative estimate of drug-likeness (QED) is 0.436. The Hall–Kier alpha value is -2.63. The molecule has 1 aliphatic heterocycles. The molecule has 8 atom stereocenters. The summed E-state index contributed by atoms with van der Waals surface area (Å²) < 4.78 is 0. The lowest BCUT2D eigenvalue weighted by Crippen LogP contribution is -2.65. The fourth-order valence-corrected chi connectivity index (χ4v) is 9.85. The van der Waals surface area contributed by atoms with Crippen LogP contribution in [0.5, 0.6) is 5.75 Å². The summed E-state index contributed by atoms with van der Waals surface area (Å²) >= 11 is 0. The van der Waals surface area contributed by atoms with E-state index in [9.17, 15) is 24.6 Å². The van der Waals surface area contributed by atoms with E-state index >= 15 is 0 Å². The highest BCUT2D eigenvalue weighted by Gasteiger charge is 2.73. The number of phenolic OH excluding ortho intramolecular Hbond substituents is 1. The van der Waals surface area contributed by atoms with Gasteiger partial charge < -0.3 is 10.2 Å². The molecule has 2 amide bonds. The molecular formula is C30H37NO5. The minimum absolute atomic E-state index is 0.0252. The summed E-state index contributed by atoms with van der Waals surface area (Å²) in [5.74, 6) is -1.54. The van der Waals surface area contributed by atoms with Gasteiger partial charge in [0.05, 0.1) is 22.9 Å². The predicted molar refractivity (Wildman–Crippen MR) is 135 cm³/mol. The molecule has 3 saturated carbocycles. The molecule has 2 bridgehead atoms. The first-order chi connectivity index (χ1) is 17.0. The van der Waals surface area contributed by atoms with E-state index in [0.717, 1.165) is 32.1 Å². The van der Waals surface area contributed by atoms with E-state index in [-0.39, 0.29) is 52.3 Å². The van der Waals surface area contributed by atoms with Gasteiger partial charge in [0.15, 0.2) is 0 Å². The fourth-order valence-electron chi connectivity index (χ4n) is 9.85. The van der Waals surface area contributed by atoms with Gasteiger partial charge >= 0.3 is 5.97 Å². The minimum atomic E-state index is -0.757. The van der Waals surface area contributed by atoms with Crippen molar-refractivity contribution in [1.29, 1.82) is 0 Å². The summed E-state index contributed by atoms with van der Waals surface area (Å²) in [6.45, 7) is 8.55. The van der Waals surface area contributed by atoms with Crippen LogP contribution in [0.3, 0.4) is 0 Å². The maximum atomic E-state index is 14.2. The molecular weight excluding hydrogens is 454 g/mol. The third kappa shape index (κ3) is 2.71. The summed E-state index contributed by atoms with van der Waals surface area (Å²) in [4.78, 5) is 41.9. The van der Waals surface area contributed by atoms with Crippen LogP contribution in [-0.2, 0) is 14.4 Å². The number of fused-ring (bicyclic) bond motifs is 1. The van der Waals surface area contributed by atoms with Crippen molar-refractivity contribution in [3.63, 3.8) is 0 Å². The summed E-state index contributed by atoms with van der Waals surface area (Å²) in [6.07, 6.45) is 7.24. The number of nitrogens with zero attached hydrogens (tertiary/aromatic N) is 1. The average molecular weight is 492 g/mol. The summed E-state index contributed by atoms with van der Waals surface area (Å²) in [5.41, 5.74) is 0.153. The lowest BCUT2D eigenvalue weighted by Gasteiger charge is -2.68. The number of phenols is 1. The van der Waals surface area contributed by atoms with Gasteiger partial charge in [-0.2, -0.15) is 0 Å². The lowest BCUT2D eigenvalue weighted by atomic mass is 9.34. The number of imide groups is 1. The molecule has 6 nitrogen and oxygen atoms in total. The largest absolute Gasteiger partial charge is 0.506 e. The Bertz CT molecular complexity index is 1200. The molecule has 0 aromatic heterocycles. The Morgan fingerprint density at radius 1 is 1.06 bits per heavy atom. The van der Waals surface area contributed by atoms with Crippen LogP contribution in [-0.4, -0.2) is 28.0 Å². The molecule has 4 unspecified atom stereocenters. The molecule has 7 rings (SSSR count). The number of carbonyl (C=O) groups excluding carboxylic acids is 2. The van der Waals surface area contributed by atoms with Crippen LogP contribution in [0.2, 0.25) is 0 Å². The van der Waals surface area contributed by atoms with Crippen LogP contribution in [0.15, 0.2) is 35.9 Å². The number of aromatic hydroxyl groups is 1. The van der Waals surface area contributed by atoms with Gasteiger partial charge in [0.2, 0.25) is 11.8 Å². The number of hydrogen-bond acceptors (Lipinski definition) is 4. The van der Waals surface area contributed by atoms with E-state index in [1.54, 1.807) is 18.2 Å². The second kappa shape index (κ2) is 7.45. The van der Waals surface area contributed by atoms with E-state index < -0.39 is 28.6 Å². The number of carboxylic acids is 1. The van der Waals surface area contributed by atoms with Crippen molar-refractivity contribution < 1.29 is 24.6 Å². The number of anilines is 1. The zero-order valence-corrected chi connectivity index (χ0v) is 21.7. The standard InChI is InChI=1S/C30H37NO5/c1-16(2)18-15-30-13-10-21-28(3,11-7-12-29(21,4)27(35)36)22(30)14-17(18)23-24(30)26(34)31(25(23)33)19-8-5-6-9-20(19)32/h5-6,8-9,15-17,21-24,32H,7,10-14H2,1-4H3,(H,35,36)/t17?,21?,22?,23-,24+,28+,29-,30?/m1/s1. The average Bonchev–Trinajstić information content (AvgIpc) is 3.10. The summed E-state index contributed by atoms with van der Waals surface area (Å²) in [7, 11) is 0. The number of benzene rings is 1. The van der Waals surface area contributed by atoms with E-state index in [1.165, 1.54) is 16.5 Å². The zero-order chi connectivity index (χ0) is 25.8. The normalized spacial score (nSPS) is 43.2. The van der Waals surface area contributed by atoms with Gasteiger partial charge in [-0.3, -0.25) is 14.4 Å². The SMILES string of the molecule is CC(C)C1=CC23CCC4[C@](C)(CCC[C@@]4(C)C(=O)O)C2CC1[C@H]1C(=O)N(c2ccccc2O)C(=O)[C@H]13. The number of carboxylic acid groups (broad SMARTS) is 1. The number of amides is 2. The summed E-state index contributed by atoms with van der Waals surface area (Å²) in [6, 6.07) is 6.60. The third-order valence-corrected chi connectivity index (χ3v) is 11.3. The first-order valence-corrected chi connectivity index (χ1v) is 13.6. The van der Waals surface area contributed by atoms with Crippen molar-refractivity contribution in [2.45, 2.75) is 66.2 Å². The smallest absolute Gasteiger partial charge is 0.309 e. The van der Waals surface area contributed by atoms with Crippen LogP contribution in [0, 0.1) is 51.8 Å². The van der Waals surface area contributed by atoms with Gasteiger partial charge in [-0.15, -0.1) is 0 Å². The van der Waals surface area contributed by atoms with Crippen molar-refractivity contribution >= 4 is 23.5 Å². The molecule has 6 heteroatoms. The van der Waals surface area contributed by atoms with Crippen molar-refractivity contribution in [2.24, 2.45) is 51.8 Å². The van der Waals surface area contributed by atoms with Crippen molar-refractivity contribution in [2.75, 3.05) is 4.90 Å². The highest BCUT2D eigenvalue weighted by molar-refractivity contribution is 6.23.